The van der Waals surface area contributed by atoms with Crippen LogP contribution in [0.3, 0.4) is 0 Å². The Morgan fingerprint density at radius 3 is 2.65 bits per heavy atom. The predicted molar refractivity (Wildman–Crippen MR) is 96.5 cm³/mol. The van der Waals surface area contributed by atoms with E-state index in [2.05, 4.69) is 4.72 Å². The lowest BCUT2D eigenvalue weighted by molar-refractivity contribution is 0.0936. The fourth-order valence-corrected chi connectivity index (χ4v) is 3.58. The first-order valence-electron chi connectivity index (χ1n) is 7.90. The molecule has 1 N–H and O–H groups in total. The molecule has 1 heterocycles. The number of sulfonamides is 1. The Balaban J connectivity index is 2.01. The smallest absolute Gasteiger partial charge is 0.258 e. The van der Waals surface area contributed by atoms with E-state index in [-0.39, 0.29) is 29.0 Å². The number of fused-ring (bicyclic) bond motifs is 1. The molecule has 1 unspecified atom stereocenters. The number of benzene rings is 2. The van der Waals surface area contributed by atoms with E-state index in [1.54, 1.807) is 19.1 Å². The van der Waals surface area contributed by atoms with Crippen molar-refractivity contribution < 1.29 is 22.4 Å². The third-order valence-corrected chi connectivity index (χ3v) is 4.68. The van der Waals surface area contributed by atoms with Crippen molar-refractivity contribution in [2.75, 3.05) is 15.9 Å². The molecule has 0 bridgehead atoms. The van der Waals surface area contributed by atoms with Crippen LogP contribution in [0, 0.1) is 5.82 Å². The number of halogens is 1. The summed E-state index contributed by atoms with van der Waals surface area (Å²) in [5.74, 6) is -1.16. The van der Waals surface area contributed by atoms with E-state index in [1.807, 2.05) is 0 Å². The number of Topliss-reactive ketones (excluding diaryl/α,β-unsaturated/α-hetero) is 1. The van der Waals surface area contributed by atoms with E-state index in [0.717, 1.165) is 12.3 Å². The average Bonchev–Trinajstić information content (AvgIpc) is 2.54. The number of carbonyl (C=O) groups is 2. The largest absolute Gasteiger partial charge is 0.304 e. The Bertz CT molecular complexity index is 1000. The van der Waals surface area contributed by atoms with Gasteiger partial charge < -0.3 is 4.90 Å². The van der Waals surface area contributed by atoms with Crippen LogP contribution in [0.15, 0.2) is 42.5 Å². The van der Waals surface area contributed by atoms with Gasteiger partial charge in [0.2, 0.25) is 10.0 Å². The number of nitrogens with zero attached hydrogens (tertiary/aromatic N) is 1. The van der Waals surface area contributed by atoms with Gasteiger partial charge >= 0.3 is 0 Å². The molecule has 26 heavy (non-hydrogen) atoms. The zero-order chi connectivity index (χ0) is 19.1. The van der Waals surface area contributed by atoms with Crippen LogP contribution in [0.2, 0.25) is 0 Å². The summed E-state index contributed by atoms with van der Waals surface area (Å²) in [5, 5.41) is 0. The highest BCUT2D eigenvalue weighted by molar-refractivity contribution is 7.92. The van der Waals surface area contributed by atoms with Gasteiger partial charge in [-0.3, -0.25) is 14.3 Å². The number of hydrogen-bond acceptors (Lipinski definition) is 4. The molecular formula is C18H17FN2O4S. The van der Waals surface area contributed by atoms with Crippen molar-refractivity contribution in [2.24, 2.45) is 0 Å². The standard InChI is InChI=1S/C18H17FN2O4S/c1-11-8-17(22)15-10-13(19)6-7-16(15)21(11)18(23)12-4-3-5-14(9-12)20-26(2,24)25/h3-7,9-11,20H,8H2,1-2H3. The minimum absolute atomic E-state index is 0.0868. The number of nitrogens with one attached hydrogen (secondary N) is 1. The van der Waals surface area contributed by atoms with Gasteiger partial charge in [0, 0.05) is 29.3 Å². The molecular weight excluding hydrogens is 359 g/mol. The van der Waals surface area contributed by atoms with Crippen molar-refractivity contribution in [3.05, 3.63) is 59.4 Å². The van der Waals surface area contributed by atoms with E-state index in [0.29, 0.717) is 5.69 Å². The van der Waals surface area contributed by atoms with Gasteiger partial charge in [-0.25, -0.2) is 12.8 Å². The van der Waals surface area contributed by atoms with Crippen LogP contribution in [-0.4, -0.2) is 32.4 Å². The third kappa shape index (κ3) is 3.60. The summed E-state index contributed by atoms with van der Waals surface area (Å²) in [4.78, 5) is 26.6. The van der Waals surface area contributed by atoms with Crippen LogP contribution in [0.4, 0.5) is 15.8 Å². The maximum Gasteiger partial charge on any atom is 0.258 e. The third-order valence-electron chi connectivity index (χ3n) is 4.07. The molecule has 6 nitrogen and oxygen atoms in total. The highest BCUT2D eigenvalue weighted by Crippen LogP contribution is 2.32. The van der Waals surface area contributed by atoms with Gasteiger partial charge in [0.25, 0.3) is 5.91 Å². The molecule has 8 heteroatoms. The summed E-state index contributed by atoms with van der Waals surface area (Å²) < 4.78 is 38.6. The lowest BCUT2D eigenvalue weighted by Crippen LogP contribution is -2.44. The van der Waals surface area contributed by atoms with Crippen molar-refractivity contribution in [3.63, 3.8) is 0 Å². The lowest BCUT2D eigenvalue weighted by atomic mass is 9.94. The van der Waals surface area contributed by atoms with E-state index in [4.69, 9.17) is 0 Å². The number of amides is 1. The lowest BCUT2D eigenvalue weighted by Gasteiger charge is -2.34. The van der Waals surface area contributed by atoms with Gasteiger partial charge in [0.15, 0.2) is 5.78 Å². The second-order valence-corrected chi connectivity index (χ2v) is 8.02. The molecule has 0 fully saturated rings. The van der Waals surface area contributed by atoms with Gasteiger partial charge in [0.1, 0.15) is 5.82 Å². The van der Waals surface area contributed by atoms with Crippen molar-refractivity contribution in [1.82, 2.24) is 0 Å². The fraction of sp³-hybridized carbons (Fsp3) is 0.222. The molecule has 2 aromatic rings. The van der Waals surface area contributed by atoms with Crippen LogP contribution in [-0.2, 0) is 10.0 Å². The Morgan fingerprint density at radius 2 is 1.96 bits per heavy atom. The summed E-state index contributed by atoms with van der Waals surface area (Å²) >= 11 is 0. The monoisotopic (exact) mass is 376 g/mol. The van der Waals surface area contributed by atoms with Crippen LogP contribution >= 0.6 is 0 Å². The van der Waals surface area contributed by atoms with E-state index in [1.165, 1.54) is 29.2 Å². The molecule has 1 amide bonds. The zero-order valence-corrected chi connectivity index (χ0v) is 15.0. The van der Waals surface area contributed by atoms with Crippen molar-refractivity contribution in [3.8, 4) is 0 Å². The minimum atomic E-state index is -3.48. The zero-order valence-electron chi connectivity index (χ0n) is 14.2. The van der Waals surface area contributed by atoms with E-state index >= 15 is 0 Å². The quantitative estimate of drug-likeness (QED) is 0.893. The first-order chi connectivity index (χ1) is 12.2. The van der Waals surface area contributed by atoms with Crippen LogP contribution in [0.1, 0.15) is 34.1 Å². The molecule has 0 aliphatic carbocycles. The second-order valence-electron chi connectivity index (χ2n) is 6.27. The molecule has 2 aromatic carbocycles. The van der Waals surface area contributed by atoms with Crippen molar-refractivity contribution >= 4 is 33.1 Å². The molecule has 0 aromatic heterocycles. The number of hydrogen-bond donors (Lipinski definition) is 1. The maximum atomic E-state index is 13.5. The summed E-state index contributed by atoms with van der Waals surface area (Å²) in [5.41, 5.74) is 1.04. The highest BCUT2D eigenvalue weighted by Gasteiger charge is 2.33. The first kappa shape index (κ1) is 18.1. The molecule has 1 aliphatic rings. The maximum absolute atomic E-state index is 13.5. The topological polar surface area (TPSA) is 83.6 Å². The van der Waals surface area contributed by atoms with Gasteiger partial charge in [-0.05, 0) is 43.3 Å². The van der Waals surface area contributed by atoms with Gasteiger partial charge in [0.05, 0.1) is 11.9 Å². The van der Waals surface area contributed by atoms with Crippen LogP contribution in [0.5, 0.6) is 0 Å². The molecule has 136 valence electrons. The van der Waals surface area contributed by atoms with Crippen LogP contribution < -0.4 is 9.62 Å². The molecule has 0 saturated heterocycles. The first-order valence-corrected chi connectivity index (χ1v) is 9.79. The Morgan fingerprint density at radius 1 is 1.23 bits per heavy atom. The van der Waals surface area contributed by atoms with Gasteiger partial charge in [-0.2, -0.15) is 0 Å². The molecule has 0 saturated carbocycles. The van der Waals surface area contributed by atoms with Gasteiger partial charge in [-0.15, -0.1) is 0 Å². The average molecular weight is 376 g/mol. The fourth-order valence-electron chi connectivity index (χ4n) is 3.03. The Labute approximate surface area is 150 Å². The molecule has 0 spiro atoms. The number of rotatable bonds is 3. The summed E-state index contributed by atoms with van der Waals surface area (Å²) in [7, 11) is -3.48. The summed E-state index contributed by atoms with van der Waals surface area (Å²) in [6.07, 6.45) is 1.11. The normalized spacial score (nSPS) is 17.0. The highest BCUT2D eigenvalue weighted by atomic mass is 32.2. The number of ketones is 1. The molecule has 3 rings (SSSR count). The minimum Gasteiger partial charge on any atom is -0.304 e. The SMILES string of the molecule is CC1CC(=O)c2cc(F)ccc2N1C(=O)c1cccc(NS(C)(=O)=O)c1. The predicted octanol–water partition coefficient (Wildman–Crippen LogP) is 2.82. The Hall–Kier alpha value is -2.74. The van der Waals surface area contributed by atoms with E-state index in [9.17, 15) is 22.4 Å². The summed E-state index contributed by atoms with van der Waals surface area (Å²) in [6.45, 7) is 1.74. The Kier molecular flexibility index (Phi) is 4.53. The molecule has 0 radical (unpaired) electrons. The van der Waals surface area contributed by atoms with Crippen LogP contribution in [0.25, 0.3) is 0 Å². The number of anilines is 2. The molecule has 1 aliphatic heterocycles. The molecule has 1 atom stereocenters. The van der Waals surface area contributed by atoms with Gasteiger partial charge in [-0.1, -0.05) is 6.07 Å². The van der Waals surface area contributed by atoms with E-state index < -0.39 is 27.8 Å². The second kappa shape index (κ2) is 6.53. The summed E-state index contributed by atoms with van der Waals surface area (Å²) in [6, 6.07) is 9.42. The van der Waals surface area contributed by atoms with Crippen molar-refractivity contribution in [1.29, 1.82) is 0 Å². The number of carbonyl (C=O) groups excluding carboxylic acids is 2. The van der Waals surface area contributed by atoms with Crippen molar-refractivity contribution in [2.45, 2.75) is 19.4 Å².